The maximum absolute atomic E-state index is 14.9. The van der Waals surface area contributed by atoms with Crippen LogP contribution in [0.15, 0.2) is 0 Å². The van der Waals surface area contributed by atoms with Crippen LogP contribution in [0.4, 0.5) is 4.39 Å². The first-order valence-electron chi connectivity index (χ1n) is 7.38. The summed E-state index contributed by atoms with van der Waals surface area (Å²) in [4.78, 5) is 0. The van der Waals surface area contributed by atoms with Crippen molar-refractivity contribution in [2.75, 3.05) is 0 Å². The third-order valence-electron chi connectivity index (χ3n) is 4.35. The molecule has 0 aromatic heterocycles. The average molecular weight is 244 g/mol. The molecule has 0 spiro atoms. The first-order chi connectivity index (χ1) is 7.73. The Hall–Kier alpha value is -0.0700. The molecule has 0 aliphatic carbocycles. The fourth-order valence-corrected chi connectivity index (χ4v) is 3.37. The van der Waals surface area contributed by atoms with Crippen molar-refractivity contribution >= 4 is 0 Å². The van der Waals surface area contributed by atoms with Gasteiger partial charge in [0, 0.05) is 0 Å². The predicted octanol–water partition coefficient (Wildman–Crippen LogP) is 5.57. The summed E-state index contributed by atoms with van der Waals surface area (Å²) in [6.07, 6.45) is 0.413. The minimum Gasteiger partial charge on any atom is -0.247 e. The van der Waals surface area contributed by atoms with Crippen LogP contribution in [-0.4, -0.2) is 6.17 Å². The highest BCUT2D eigenvalue weighted by atomic mass is 19.1. The highest BCUT2D eigenvalue weighted by Crippen LogP contribution is 2.38. The number of hydrogen-bond donors (Lipinski definition) is 0. The Morgan fingerprint density at radius 2 is 1.06 bits per heavy atom. The standard InChI is InChI=1S/C16H33F/c1-9-13(8)15(12(6)7)16(17)14(10(2)3)11(4)5/h10-16H,9H2,1-8H3. The summed E-state index contributed by atoms with van der Waals surface area (Å²) in [7, 11) is 0. The average Bonchev–Trinajstić information content (AvgIpc) is 2.15. The van der Waals surface area contributed by atoms with Crippen molar-refractivity contribution in [2.45, 2.75) is 68.0 Å². The third-order valence-corrected chi connectivity index (χ3v) is 4.35. The van der Waals surface area contributed by atoms with E-state index in [1.807, 2.05) is 0 Å². The van der Waals surface area contributed by atoms with E-state index in [0.717, 1.165) is 6.42 Å². The van der Waals surface area contributed by atoms with Crippen LogP contribution < -0.4 is 0 Å². The molecule has 0 aromatic rings. The summed E-state index contributed by atoms with van der Waals surface area (Å²) in [5.41, 5.74) is 0. The Morgan fingerprint density at radius 3 is 1.29 bits per heavy atom. The van der Waals surface area contributed by atoms with Crippen molar-refractivity contribution in [1.29, 1.82) is 0 Å². The van der Waals surface area contributed by atoms with E-state index in [-0.39, 0.29) is 11.8 Å². The molecule has 0 amide bonds. The van der Waals surface area contributed by atoms with E-state index in [9.17, 15) is 4.39 Å². The quantitative estimate of drug-likeness (QED) is 0.549. The van der Waals surface area contributed by atoms with E-state index in [0.29, 0.717) is 23.7 Å². The van der Waals surface area contributed by atoms with Crippen LogP contribution in [0.1, 0.15) is 61.8 Å². The lowest BCUT2D eigenvalue weighted by atomic mass is 9.70. The summed E-state index contributed by atoms with van der Waals surface area (Å²) in [5, 5.41) is 0. The predicted molar refractivity (Wildman–Crippen MR) is 75.8 cm³/mol. The van der Waals surface area contributed by atoms with Gasteiger partial charge in [0.1, 0.15) is 6.17 Å². The zero-order valence-corrected chi connectivity index (χ0v) is 13.1. The Labute approximate surface area is 108 Å². The number of hydrogen-bond acceptors (Lipinski definition) is 0. The van der Waals surface area contributed by atoms with Gasteiger partial charge in [-0.1, -0.05) is 61.8 Å². The second-order valence-corrected chi connectivity index (χ2v) is 6.72. The summed E-state index contributed by atoms with van der Waals surface area (Å²) in [5.74, 6) is 2.15. The van der Waals surface area contributed by atoms with Crippen LogP contribution in [0.25, 0.3) is 0 Å². The molecule has 0 N–H and O–H groups in total. The summed E-state index contributed by atoms with van der Waals surface area (Å²) in [6, 6.07) is 0. The van der Waals surface area contributed by atoms with Crippen LogP contribution in [0, 0.1) is 35.5 Å². The lowest BCUT2D eigenvalue weighted by Gasteiger charge is -2.38. The lowest BCUT2D eigenvalue weighted by Crippen LogP contribution is -2.38. The van der Waals surface area contributed by atoms with Crippen molar-refractivity contribution in [3.63, 3.8) is 0 Å². The van der Waals surface area contributed by atoms with Crippen LogP contribution in [-0.2, 0) is 0 Å². The van der Waals surface area contributed by atoms with Crippen molar-refractivity contribution in [1.82, 2.24) is 0 Å². The molecule has 0 bridgehead atoms. The SMILES string of the molecule is CCC(C)C(C(C)C)C(F)C(C(C)C)C(C)C. The molecule has 0 aliphatic rings. The van der Waals surface area contributed by atoms with Gasteiger partial charge in [-0.05, 0) is 35.5 Å². The number of rotatable bonds is 7. The Morgan fingerprint density at radius 1 is 0.706 bits per heavy atom. The van der Waals surface area contributed by atoms with Gasteiger partial charge in [0.25, 0.3) is 0 Å². The summed E-state index contributed by atoms with van der Waals surface area (Å²) in [6.45, 7) is 17.3. The van der Waals surface area contributed by atoms with E-state index < -0.39 is 6.17 Å². The Kier molecular flexibility index (Phi) is 7.35. The monoisotopic (exact) mass is 244 g/mol. The van der Waals surface area contributed by atoms with Crippen molar-refractivity contribution in [2.24, 2.45) is 35.5 Å². The molecule has 3 atom stereocenters. The molecule has 0 saturated heterocycles. The molecular formula is C16H33F. The van der Waals surface area contributed by atoms with Gasteiger partial charge in [0.2, 0.25) is 0 Å². The molecule has 104 valence electrons. The molecule has 0 nitrogen and oxygen atoms in total. The van der Waals surface area contributed by atoms with E-state index in [2.05, 4.69) is 55.4 Å². The summed E-state index contributed by atoms with van der Waals surface area (Å²) < 4.78 is 14.9. The van der Waals surface area contributed by atoms with Gasteiger partial charge < -0.3 is 0 Å². The van der Waals surface area contributed by atoms with Crippen molar-refractivity contribution in [3.05, 3.63) is 0 Å². The van der Waals surface area contributed by atoms with E-state index in [1.165, 1.54) is 0 Å². The van der Waals surface area contributed by atoms with Gasteiger partial charge >= 0.3 is 0 Å². The molecule has 0 fully saturated rings. The van der Waals surface area contributed by atoms with Crippen LogP contribution in [0.2, 0.25) is 0 Å². The fraction of sp³-hybridized carbons (Fsp3) is 1.00. The van der Waals surface area contributed by atoms with Crippen LogP contribution in [0.3, 0.4) is 0 Å². The topological polar surface area (TPSA) is 0 Å². The second-order valence-electron chi connectivity index (χ2n) is 6.72. The second kappa shape index (κ2) is 7.38. The molecule has 17 heavy (non-hydrogen) atoms. The van der Waals surface area contributed by atoms with Gasteiger partial charge in [0.15, 0.2) is 0 Å². The molecule has 1 heteroatoms. The Balaban J connectivity index is 4.97. The smallest absolute Gasteiger partial charge is 0.107 e. The van der Waals surface area contributed by atoms with Crippen molar-refractivity contribution in [3.8, 4) is 0 Å². The molecule has 0 heterocycles. The van der Waals surface area contributed by atoms with E-state index >= 15 is 0 Å². The normalized spacial score (nSPS) is 18.2. The maximum Gasteiger partial charge on any atom is 0.107 e. The number of halogens is 1. The van der Waals surface area contributed by atoms with Crippen LogP contribution in [0.5, 0.6) is 0 Å². The highest BCUT2D eigenvalue weighted by Gasteiger charge is 2.37. The van der Waals surface area contributed by atoms with Gasteiger partial charge in [-0.2, -0.15) is 0 Å². The Bertz CT molecular complexity index is 188. The first-order valence-corrected chi connectivity index (χ1v) is 7.38. The summed E-state index contributed by atoms with van der Waals surface area (Å²) >= 11 is 0. The molecule has 0 aromatic carbocycles. The van der Waals surface area contributed by atoms with Gasteiger partial charge in [-0.3, -0.25) is 0 Å². The van der Waals surface area contributed by atoms with Gasteiger partial charge in [-0.15, -0.1) is 0 Å². The van der Waals surface area contributed by atoms with E-state index in [1.54, 1.807) is 0 Å². The molecule has 0 rings (SSSR count). The number of alkyl halides is 1. The lowest BCUT2D eigenvalue weighted by molar-refractivity contribution is 0.0328. The van der Waals surface area contributed by atoms with Gasteiger partial charge in [0.05, 0.1) is 0 Å². The zero-order valence-electron chi connectivity index (χ0n) is 13.1. The zero-order chi connectivity index (χ0) is 13.7. The molecular weight excluding hydrogens is 211 g/mol. The van der Waals surface area contributed by atoms with Crippen LogP contribution >= 0.6 is 0 Å². The fourth-order valence-electron chi connectivity index (χ4n) is 3.37. The molecule has 0 radical (unpaired) electrons. The van der Waals surface area contributed by atoms with E-state index in [4.69, 9.17) is 0 Å². The minimum absolute atomic E-state index is 0.191. The molecule has 3 unspecified atom stereocenters. The van der Waals surface area contributed by atoms with Gasteiger partial charge in [-0.25, -0.2) is 4.39 Å². The first kappa shape index (κ1) is 16.9. The third kappa shape index (κ3) is 4.60. The molecule has 0 aliphatic heterocycles. The minimum atomic E-state index is -0.662. The highest BCUT2D eigenvalue weighted by molar-refractivity contribution is 4.85. The largest absolute Gasteiger partial charge is 0.247 e. The molecule has 0 saturated carbocycles. The maximum atomic E-state index is 14.9. The van der Waals surface area contributed by atoms with Crippen molar-refractivity contribution < 1.29 is 4.39 Å².